The molecule has 0 aromatic carbocycles. The Kier molecular flexibility index (Phi) is 3.11. The van der Waals surface area contributed by atoms with E-state index in [1.54, 1.807) is 13.1 Å². The highest BCUT2D eigenvalue weighted by Crippen LogP contribution is 2.12. The van der Waals surface area contributed by atoms with Crippen molar-refractivity contribution in [3.05, 3.63) is 29.6 Å². The summed E-state index contributed by atoms with van der Waals surface area (Å²) in [5, 5.41) is 0. The van der Waals surface area contributed by atoms with Crippen LogP contribution in [0, 0.1) is 0 Å². The van der Waals surface area contributed by atoms with Crippen LogP contribution in [0.2, 0.25) is 0 Å². The number of hydrogen-bond donors (Lipinski definition) is 0. The fourth-order valence-electron chi connectivity index (χ4n) is 1.97. The molecule has 1 aromatic heterocycles. The summed E-state index contributed by atoms with van der Waals surface area (Å²) < 4.78 is 0. The number of carbonyl (C=O) groups is 1. The van der Waals surface area contributed by atoms with Gasteiger partial charge < -0.3 is 0 Å². The number of likely N-dealkylation sites (tertiary alicyclic amines) is 1. The van der Waals surface area contributed by atoms with E-state index < -0.39 is 0 Å². The third-order valence-corrected chi connectivity index (χ3v) is 2.81. The molecule has 0 unspecified atom stereocenters. The summed E-state index contributed by atoms with van der Waals surface area (Å²) in [4.78, 5) is 17.7. The zero-order valence-electron chi connectivity index (χ0n) is 9.07. The van der Waals surface area contributed by atoms with Gasteiger partial charge in [0, 0.05) is 24.5 Å². The van der Waals surface area contributed by atoms with Crippen LogP contribution in [0.4, 0.5) is 0 Å². The first-order valence-electron chi connectivity index (χ1n) is 5.43. The van der Waals surface area contributed by atoms with Crippen molar-refractivity contribution in [2.75, 3.05) is 13.1 Å². The molecule has 0 spiro atoms. The van der Waals surface area contributed by atoms with Crippen molar-refractivity contribution in [2.24, 2.45) is 0 Å². The van der Waals surface area contributed by atoms with E-state index in [2.05, 4.69) is 9.88 Å². The Labute approximate surface area is 90.1 Å². The minimum absolute atomic E-state index is 0.0887. The van der Waals surface area contributed by atoms with Crippen LogP contribution < -0.4 is 0 Å². The number of hydrogen-bond acceptors (Lipinski definition) is 3. The largest absolute Gasteiger partial charge is 0.299 e. The Morgan fingerprint density at radius 2 is 2.13 bits per heavy atom. The number of rotatable bonds is 3. The first-order valence-corrected chi connectivity index (χ1v) is 5.43. The topological polar surface area (TPSA) is 33.2 Å². The zero-order chi connectivity index (χ0) is 10.7. The van der Waals surface area contributed by atoms with Crippen molar-refractivity contribution < 1.29 is 4.79 Å². The quantitative estimate of drug-likeness (QED) is 0.705. The molecule has 2 rings (SSSR count). The van der Waals surface area contributed by atoms with Gasteiger partial charge in [0.05, 0.1) is 0 Å². The van der Waals surface area contributed by atoms with Gasteiger partial charge in [-0.25, -0.2) is 0 Å². The third-order valence-electron chi connectivity index (χ3n) is 2.81. The van der Waals surface area contributed by atoms with Crippen molar-refractivity contribution in [1.29, 1.82) is 0 Å². The van der Waals surface area contributed by atoms with Gasteiger partial charge in [-0.2, -0.15) is 0 Å². The lowest BCUT2D eigenvalue weighted by Crippen LogP contribution is -2.18. The summed E-state index contributed by atoms with van der Waals surface area (Å²) in [6.07, 6.45) is 6.07. The van der Waals surface area contributed by atoms with Gasteiger partial charge in [0.15, 0.2) is 5.78 Å². The van der Waals surface area contributed by atoms with Crippen molar-refractivity contribution in [3.8, 4) is 0 Å². The minimum atomic E-state index is 0.0887. The molecule has 1 saturated heterocycles. The minimum Gasteiger partial charge on any atom is -0.299 e. The first-order chi connectivity index (χ1) is 7.25. The lowest BCUT2D eigenvalue weighted by atomic mass is 10.1. The molecule has 0 radical (unpaired) electrons. The van der Waals surface area contributed by atoms with E-state index >= 15 is 0 Å². The molecule has 1 aliphatic heterocycles. The van der Waals surface area contributed by atoms with Crippen LogP contribution in [-0.4, -0.2) is 28.8 Å². The Hall–Kier alpha value is -1.22. The number of ketones is 1. The van der Waals surface area contributed by atoms with E-state index in [-0.39, 0.29) is 5.78 Å². The Morgan fingerprint density at radius 3 is 2.80 bits per heavy atom. The molecular formula is C12H16N2O. The van der Waals surface area contributed by atoms with E-state index in [9.17, 15) is 4.79 Å². The second kappa shape index (κ2) is 4.53. The maximum absolute atomic E-state index is 11.2. The fourth-order valence-corrected chi connectivity index (χ4v) is 1.97. The van der Waals surface area contributed by atoms with Crippen LogP contribution >= 0.6 is 0 Å². The van der Waals surface area contributed by atoms with Crippen molar-refractivity contribution in [3.63, 3.8) is 0 Å². The van der Waals surface area contributed by atoms with Crippen LogP contribution in [0.15, 0.2) is 18.5 Å². The average molecular weight is 204 g/mol. The smallest absolute Gasteiger partial charge is 0.161 e. The second-order valence-electron chi connectivity index (χ2n) is 4.12. The van der Waals surface area contributed by atoms with Crippen molar-refractivity contribution in [1.82, 2.24) is 9.88 Å². The highest BCUT2D eigenvalue weighted by atomic mass is 16.1. The lowest BCUT2D eigenvalue weighted by molar-refractivity contribution is 0.101. The third kappa shape index (κ3) is 2.63. The summed E-state index contributed by atoms with van der Waals surface area (Å²) >= 11 is 0. The first kappa shape index (κ1) is 10.3. The molecule has 1 aliphatic rings. The zero-order valence-corrected chi connectivity index (χ0v) is 9.07. The van der Waals surface area contributed by atoms with Gasteiger partial charge in [0.2, 0.25) is 0 Å². The van der Waals surface area contributed by atoms with Gasteiger partial charge in [-0.1, -0.05) is 0 Å². The number of nitrogens with zero attached hydrogens (tertiary/aromatic N) is 2. The number of pyridine rings is 1. The van der Waals surface area contributed by atoms with Crippen LogP contribution in [0.25, 0.3) is 0 Å². The van der Waals surface area contributed by atoms with Gasteiger partial charge in [-0.15, -0.1) is 0 Å². The molecule has 15 heavy (non-hydrogen) atoms. The normalized spacial score (nSPS) is 16.9. The molecule has 0 saturated carbocycles. The summed E-state index contributed by atoms with van der Waals surface area (Å²) in [6, 6.07) is 1.95. The maximum Gasteiger partial charge on any atom is 0.161 e. The summed E-state index contributed by atoms with van der Waals surface area (Å²) in [5.74, 6) is 0.0887. The molecule has 0 N–H and O–H groups in total. The summed E-state index contributed by atoms with van der Waals surface area (Å²) in [5.41, 5.74) is 1.86. The van der Waals surface area contributed by atoms with Gasteiger partial charge in [-0.3, -0.25) is 14.7 Å². The summed E-state index contributed by atoms with van der Waals surface area (Å²) in [6.45, 7) is 4.85. The van der Waals surface area contributed by atoms with Gasteiger partial charge in [0.1, 0.15) is 0 Å². The second-order valence-corrected chi connectivity index (χ2v) is 4.12. The van der Waals surface area contributed by atoms with Crippen LogP contribution in [0.1, 0.15) is 35.7 Å². The number of carbonyl (C=O) groups excluding carboxylic acids is 1. The fraction of sp³-hybridized carbons (Fsp3) is 0.500. The standard InChI is InChI=1S/C12H16N2O/c1-10(15)12-6-11(7-13-8-12)9-14-4-2-3-5-14/h6-8H,2-5,9H2,1H3. The molecule has 0 bridgehead atoms. The van der Waals surface area contributed by atoms with Gasteiger partial charge >= 0.3 is 0 Å². The highest BCUT2D eigenvalue weighted by molar-refractivity contribution is 5.93. The van der Waals surface area contributed by atoms with E-state index in [4.69, 9.17) is 0 Å². The highest BCUT2D eigenvalue weighted by Gasteiger charge is 2.12. The molecule has 0 aliphatic carbocycles. The molecule has 3 nitrogen and oxygen atoms in total. The Bertz CT molecular complexity index is 356. The van der Waals surface area contributed by atoms with Crippen LogP contribution in [-0.2, 0) is 6.54 Å². The van der Waals surface area contributed by atoms with Crippen molar-refractivity contribution >= 4 is 5.78 Å². The molecule has 3 heteroatoms. The molecule has 0 amide bonds. The SMILES string of the molecule is CC(=O)c1cncc(CN2CCCC2)c1. The van der Waals surface area contributed by atoms with E-state index in [0.717, 1.165) is 12.1 Å². The summed E-state index contributed by atoms with van der Waals surface area (Å²) in [7, 11) is 0. The van der Waals surface area contributed by atoms with Crippen LogP contribution in [0.3, 0.4) is 0 Å². The maximum atomic E-state index is 11.2. The molecular weight excluding hydrogens is 188 g/mol. The Balaban J connectivity index is 2.07. The molecule has 2 heterocycles. The van der Waals surface area contributed by atoms with E-state index in [0.29, 0.717) is 5.56 Å². The Morgan fingerprint density at radius 1 is 1.40 bits per heavy atom. The predicted octanol–water partition coefficient (Wildman–Crippen LogP) is 1.88. The van der Waals surface area contributed by atoms with Crippen LogP contribution in [0.5, 0.6) is 0 Å². The van der Waals surface area contributed by atoms with E-state index in [1.165, 1.54) is 25.9 Å². The average Bonchev–Trinajstić information content (AvgIpc) is 2.71. The lowest BCUT2D eigenvalue weighted by Gasteiger charge is -2.14. The van der Waals surface area contributed by atoms with Gasteiger partial charge in [0.25, 0.3) is 0 Å². The predicted molar refractivity (Wildman–Crippen MR) is 58.8 cm³/mol. The molecule has 1 fully saturated rings. The molecule has 0 atom stereocenters. The van der Waals surface area contributed by atoms with Crippen molar-refractivity contribution in [2.45, 2.75) is 26.3 Å². The van der Waals surface area contributed by atoms with Gasteiger partial charge in [-0.05, 0) is 44.5 Å². The molecule has 80 valence electrons. The van der Waals surface area contributed by atoms with E-state index in [1.807, 2.05) is 12.3 Å². The molecule has 1 aromatic rings. The number of Topliss-reactive ketones (excluding diaryl/α,β-unsaturated/α-hetero) is 1. The number of aromatic nitrogens is 1. The monoisotopic (exact) mass is 204 g/mol.